The van der Waals surface area contributed by atoms with Crippen molar-refractivity contribution in [2.24, 2.45) is 0 Å². The maximum absolute atomic E-state index is 13.3. The van der Waals surface area contributed by atoms with Gasteiger partial charge in [0.1, 0.15) is 11.5 Å². The molecular formula is C18H15FN4O3S. The van der Waals surface area contributed by atoms with Crippen molar-refractivity contribution >= 4 is 44.0 Å². The quantitative estimate of drug-likeness (QED) is 0.536. The SMILES string of the molecule is O=C(Nc1nc2ccc(F)cc2s1)c1ccc(N2CCCC2)c([N+](=O)[O-])c1. The number of anilines is 2. The first kappa shape index (κ1) is 17.3. The third kappa shape index (κ3) is 3.45. The van der Waals surface area contributed by atoms with Gasteiger partial charge in [0, 0.05) is 24.7 Å². The molecule has 2 heterocycles. The van der Waals surface area contributed by atoms with E-state index in [1.165, 1.54) is 24.3 Å². The van der Waals surface area contributed by atoms with Crippen molar-refractivity contribution in [3.8, 4) is 0 Å². The van der Waals surface area contributed by atoms with Crippen molar-refractivity contribution in [3.05, 3.63) is 57.9 Å². The Kier molecular flexibility index (Phi) is 4.44. The molecule has 4 rings (SSSR count). The Labute approximate surface area is 157 Å². The summed E-state index contributed by atoms with van der Waals surface area (Å²) in [6.07, 6.45) is 2.00. The lowest BCUT2D eigenvalue weighted by atomic mass is 10.1. The van der Waals surface area contributed by atoms with E-state index in [0.29, 0.717) is 21.0 Å². The molecule has 2 aromatic carbocycles. The Morgan fingerprint density at radius 3 is 2.74 bits per heavy atom. The van der Waals surface area contributed by atoms with E-state index in [0.717, 1.165) is 37.3 Å². The van der Waals surface area contributed by atoms with Crippen molar-refractivity contribution in [3.63, 3.8) is 0 Å². The molecule has 3 aromatic rings. The van der Waals surface area contributed by atoms with Crippen molar-refractivity contribution in [1.82, 2.24) is 4.98 Å². The minimum absolute atomic E-state index is 0.0871. The number of thiazole rings is 1. The second-order valence-electron chi connectivity index (χ2n) is 6.24. The van der Waals surface area contributed by atoms with Gasteiger partial charge in [-0.3, -0.25) is 20.2 Å². The molecule has 0 bridgehead atoms. The summed E-state index contributed by atoms with van der Waals surface area (Å²) in [5.41, 5.74) is 1.20. The van der Waals surface area contributed by atoms with Crippen LogP contribution >= 0.6 is 11.3 Å². The number of nitrogens with one attached hydrogen (secondary N) is 1. The molecule has 0 saturated carbocycles. The van der Waals surface area contributed by atoms with E-state index in [4.69, 9.17) is 0 Å². The molecule has 138 valence electrons. The fourth-order valence-electron chi connectivity index (χ4n) is 3.16. The lowest BCUT2D eigenvalue weighted by Gasteiger charge is -2.17. The normalized spacial score (nSPS) is 13.9. The highest BCUT2D eigenvalue weighted by Gasteiger charge is 2.24. The molecule has 0 atom stereocenters. The van der Waals surface area contributed by atoms with Crippen LogP contribution in [0.2, 0.25) is 0 Å². The van der Waals surface area contributed by atoms with Gasteiger partial charge in [-0.15, -0.1) is 0 Å². The first-order valence-electron chi connectivity index (χ1n) is 8.42. The topological polar surface area (TPSA) is 88.4 Å². The molecule has 0 unspecified atom stereocenters. The molecule has 0 spiro atoms. The van der Waals surface area contributed by atoms with Crippen molar-refractivity contribution < 1.29 is 14.1 Å². The first-order chi connectivity index (χ1) is 13.0. The fourth-order valence-corrected chi connectivity index (χ4v) is 4.04. The van der Waals surface area contributed by atoms with Crippen LogP contribution in [0.15, 0.2) is 36.4 Å². The first-order valence-corrected chi connectivity index (χ1v) is 9.24. The number of amides is 1. The summed E-state index contributed by atoms with van der Waals surface area (Å²) >= 11 is 1.14. The molecule has 1 aliphatic heterocycles. The third-order valence-corrected chi connectivity index (χ3v) is 5.39. The Morgan fingerprint density at radius 2 is 2.00 bits per heavy atom. The minimum Gasteiger partial charge on any atom is -0.366 e. The van der Waals surface area contributed by atoms with Gasteiger partial charge < -0.3 is 4.90 Å². The van der Waals surface area contributed by atoms with Crippen LogP contribution in [0.5, 0.6) is 0 Å². The molecule has 27 heavy (non-hydrogen) atoms. The van der Waals surface area contributed by atoms with Crippen LogP contribution in [0, 0.1) is 15.9 Å². The van der Waals surface area contributed by atoms with Crippen LogP contribution < -0.4 is 10.2 Å². The highest BCUT2D eigenvalue weighted by atomic mass is 32.1. The summed E-state index contributed by atoms with van der Waals surface area (Å²) < 4.78 is 13.9. The number of carbonyl (C=O) groups is 1. The number of nitrogens with zero attached hydrogens (tertiary/aromatic N) is 3. The number of nitro groups is 1. The van der Waals surface area contributed by atoms with Gasteiger partial charge in [-0.2, -0.15) is 0 Å². The number of halogens is 1. The molecular weight excluding hydrogens is 371 g/mol. The maximum atomic E-state index is 13.3. The number of carbonyl (C=O) groups excluding carboxylic acids is 1. The molecule has 1 N–H and O–H groups in total. The Morgan fingerprint density at radius 1 is 1.22 bits per heavy atom. The van der Waals surface area contributed by atoms with Gasteiger partial charge in [0.05, 0.1) is 15.1 Å². The van der Waals surface area contributed by atoms with Gasteiger partial charge >= 0.3 is 0 Å². The van der Waals surface area contributed by atoms with Crippen molar-refractivity contribution in [2.75, 3.05) is 23.3 Å². The van der Waals surface area contributed by atoms with Gasteiger partial charge in [0.2, 0.25) is 0 Å². The Balaban J connectivity index is 1.60. The fraction of sp³-hybridized carbons (Fsp3) is 0.222. The monoisotopic (exact) mass is 386 g/mol. The second kappa shape index (κ2) is 6.92. The maximum Gasteiger partial charge on any atom is 0.293 e. The highest BCUT2D eigenvalue weighted by Crippen LogP contribution is 2.32. The zero-order valence-electron chi connectivity index (χ0n) is 14.1. The van der Waals surface area contributed by atoms with Gasteiger partial charge in [0.15, 0.2) is 5.13 Å². The van der Waals surface area contributed by atoms with E-state index < -0.39 is 10.8 Å². The van der Waals surface area contributed by atoms with E-state index in [1.807, 2.05) is 4.90 Å². The zero-order valence-corrected chi connectivity index (χ0v) is 15.0. The minimum atomic E-state index is -0.495. The van der Waals surface area contributed by atoms with Crippen LogP contribution in [0.3, 0.4) is 0 Å². The average Bonchev–Trinajstić information content (AvgIpc) is 3.30. The second-order valence-corrected chi connectivity index (χ2v) is 7.27. The lowest BCUT2D eigenvalue weighted by molar-refractivity contribution is -0.384. The predicted octanol–water partition coefficient (Wildman–Crippen LogP) is 4.20. The van der Waals surface area contributed by atoms with Crippen molar-refractivity contribution in [1.29, 1.82) is 0 Å². The molecule has 1 amide bonds. The number of benzene rings is 2. The lowest BCUT2D eigenvalue weighted by Crippen LogP contribution is -2.19. The standard InChI is InChI=1S/C18H15FN4O3S/c19-12-4-5-13-16(10-12)27-18(20-13)21-17(24)11-3-6-14(15(9-11)23(25)26)22-7-1-2-8-22/h3-6,9-10H,1-2,7-8H2,(H,20,21,24). The number of hydrogen-bond donors (Lipinski definition) is 1. The Bertz CT molecular complexity index is 1050. The predicted molar refractivity (Wildman–Crippen MR) is 102 cm³/mol. The van der Waals surface area contributed by atoms with Gasteiger partial charge in [-0.05, 0) is 43.2 Å². The van der Waals surface area contributed by atoms with Gasteiger partial charge in [-0.25, -0.2) is 9.37 Å². The summed E-state index contributed by atoms with van der Waals surface area (Å²) in [4.78, 5) is 29.7. The van der Waals surface area contributed by atoms with Crippen LogP contribution in [-0.4, -0.2) is 28.9 Å². The van der Waals surface area contributed by atoms with Gasteiger partial charge in [0.25, 0.3) is 11.6 Å². The van der Waals surface area contributed by atoms with E-state index in [-0.39, 0.29) is 17.1 Å². The molecule has 1 aromatic heterocycles. The van der Waals surface area contributed by atoms with Gasteiger partial charge in [-0.1, -0.05) is 11.3 Å². The summed E-state index contributed by atoms with van der Waals surface area (Å²) in [5, 5.41) is 14.4. The van der Waals surface area contributed by atoms with E-state index in [2.05, 4.69) is 10.3 Å². The third-order valence-electron chi connectivity index (χ3n) is 4.45. The average molecular weight is 386 g/mol. The molecule has 9 heteroatoms. The number of rotatable bonds is 4. The molecule has 0 radical (unpaired) electrons. The molecule has 1 saturated heterocycles. The summed E-state index contributed by atoms with van der Waals surface area (Å²) in [6, 6.07) is 8.66. The van der Waals surface area contributed by atoms with E-state index in [1.54, 1.807) is 12.1 Å². The molecule has 1 aliphatic rings. The zero-order chi connectivity index (χ0) is 19.0. The summed E-state index contributed by atoms with van der Waals surface area (Å²) in [7, 11) is 0. The molecule has 7 nitrogen and oxygen atoms in total. The van der Waals surface area contributed by atoms with Crippen molar-refractivity contribution in [2.45, 2.75) is 12.8 Å². The van der Waals surface area contributed by atoms with Crippen LogP contribution in [0.4, 0.5) is 20.9 Å². The number of fused-ring (bicyclic) bond motifs is 1. The van der Waals surface area contributed by atoms with E-state index in [9.17, 15) is 19.3 Å². The highest BCUT2D eigenvalue weighted by molar-refractivity contribution is 7.22. The summed E-state index contributed by atoms with van der Waals surface area (Å²) in [6.45, 7) is 1.54. The van der Waals surface area contributed by atoms with Crippen LogP contribution in [0.1, 0.15) is 23.2 Å². The molecule has 0 aliphatic carbocycles. The number of hydrogen-bond acceptors (Lipinski definition) is 6. The van der Waals surface area contributed by atoms with Crippen LogP contribution in [0.25, 0.3) is 10.2 Å². The summed E-state index contributed by atoms with van der Waals surface area (Å²) in [5.74, 6) is -0.872. The van der Waals surface area contributed by atoms with Crippen LogP contribution in [-0.2, 0) is 0 Å². The number of nitro benzene ring substituents is 1. The number of aromatic nitrogens is 1. The largest absolute Gasteiger partial charge is 0.366 e. The van der Waals surface area contributed by atoms with E-state index >= 15 is 0 Å². The Hall–Kier alpha value is -3.07. The molecule has 1 fully saturated rings. The smallest absolute Gasteiger partial charge is 0.293 e.